The Morgan fingerprint density at radius 3 is 2.42 bits per heavy atom. The summed E-state index contributed by atoms with van der Waals surface area (Å²) in [6, 6.07) is 11.4. The number of thioether (sulfide) groups is 1. The van der Waals surface area contributed by atoms with E-state index in [4.69, 9.17) is 9.47 Å². The molecule has 128 valence electrons. The second-order valence-electron chi connectivity index (χ2n) is 4.76. The number of alkyl halides is 2. The maximum atomic E-state index is 12.3. The predicted molar refractivity (Wildman–Crippen MR) is 89.0 cm³/mol. The summed E-state index contributed by atoms with van der Waals surface area (Å²) in [7, 11) is 3.10. The first-order chi connectivity index (χ1) is 11.5. The molecular weight excluding hydrogens is 336 g/mol. The Hall–Kier alpha value is -2.28. The van der Waals surface area contributed by atoms with Crippen LogP contribution in [0.2, 0.25) is 0 Å². The molecule has 0 aliphatic carbocycles. The molecule has 2 aromatic rings. The SMILES string of the molecule is COc1ccc(CNC(=O)c2ccc(SC(F)F)cc2)c(OC)c1. The van der Waals surface area contributed by atoms with Crippen LogP contribution in [-0.4, -0.2) is 25.9 Å². The summed E-state index contributed by atoms with van der Waals surface area (Å²) in [5.41, 5.74) is 1.21. The smallest absolute Gasteiger partial charge is 0.288 e. The van der Waals surface area contributed by atoms with Crippen molar-refractivity contribution in [1.82, 2.24) is 5.32 Å². The molecule has 1 N–H and O–H groups in total. The van der Waals surface area contributed by atoms with Gasteiger partial charge in [-0.1, -0.05) is 11.8 Å². The lowest BCUT2D eigenvalue weighted by Gasteiger charge is -2.11. The van der Waals surface area contributed by atoms with Gasteiger partial charge < -0.3 is 14.8 Å². The van der Waals surface area contributed by atoms with Crippen LogP contribution in [0.3, 0.4) is 0 Å². The van der Waals surface area contributed by atoms with Crippen LogP contribution in [0.25, 0.3) is 0 Å². The zero-order valence-corrected chi connectivity index (χ0v) is 14.0. The average molecular weight is 353 g/mol. The third-order valence-electron chi connectivity index (χ3n) is 3.28. The average Bonchev–Trinajstić information content (AvgIpc) is 2.59. The Labute approximate surface area is 143 Å². The van der Waals surface area contributed by atoms with E-state index in [1.165, 1.54) is 24.3 Å². The lowest BCUT2D eigenvalue weighted by Crippen LogP contribution is -2.23. The standard InChI is InChI=1S/C17H17F2NO3S/c1-22-13-6-3-12(15(9-13)23-2)10-20-16(21)11-4-7-14(8-5-11)24-17(18)19/h3-9,17H,10H2,1-2H3,(H,20,21). The van der Waals surface area contributed by atoms with Crippen LogP contribution in [0.4, 0.5) is 8.78 Å². The van der Waals surface area contributed by atoms with E-state index in [0.717, 1.165) is 5.56 Å². The predicted octanol–water partition coefficient (Wildman–Crippen LogP) is 3.95. The van der Waals surface area contributed by atoms with Gasteiger partial charge >= 0.3 is 0 Å². The summed E-state index contributed by atoms with van der Waals surface area (Å²) >= 11 is 0.444. The van der Waals surface area contributed by atoms with Crippen molar-refractivity contribution in [3.05, 3.63) is 53.6 Å². The van der Waals surface area contributed by atoms with E-state index >= 15 is 0 Å². The maximum absolute atomic E-state index is 12.3. The van der Waals surface area contributed by atoms with E-state index in [0.29, 0.717) is 33.7 Å². The molecule has 2 aromatic carbocycles. The number of carbonyl (C=O) groups is 1. The minimum Gasteiger partial charge on any atom is -0.497 e. The minimum atomic E-state index is -2.48. The van der Waals surface area contributed by atoms with Gasteiger partial charge in [-0.05, 0) is 36.4 Å². The van der Waals surface area contributed by atoms with E-state index in [9.17, 15) is 13.6 Å². The molecule has 0 unspecified atom stereocenters. The van der Waals surface area contributed by atoms with Gasteiger partial charge in [-0.2, -0.15) is 8.78 Å². The van der Waals surface area contributed by atoms with E-state index < -0.39 is 5.76 Å². The first kappa shape index (κ1) is 18.1. The number of hydrogen-bond donors (Lipinski definition) is 1. The molecule has 0 atom stereocenters. The monoisotopic (exact) mass is 353 g/mol. The van der Waals surface area contributed by atoms with Crippen molar-refractivity contribution >= 4 is 17.7 Å². The Bertz CT molecular complexity index is 693. The number of ether oxygens (including phenoxy) is 2. The number of amides is 1. The lowest BCUT2D eigenvalue weighted by molar-refractivity contribution is 0.0950. The van der Waals surface area contributed by atoms with Crippen LogP contribution in [0.5, 0.6) is 11.5 Å². The molecular formula is C17H17F2NO3S. The van der Waals surface area contributed by atoms with Gasteiger partial charge in [0.05, 0.1) is 14.2 Å². The number of carbonyl (C=O) groups excluding carboxylic acids is 1. The molecule has 0 bridgehead atoms. The Kier molecular flexibility index (Phi) is 6.43. The van der Waals surface area contributed by atoms with Gasteiger partial charge in [-0.25, -0.2) is 0 Å². The molecule has 0 heterocycles. The number of nitrogens with one attached hydrogen (secondary N) is 1. The molecule has 0 fully saturated rings. The number of benzene rings is 2. The fourth-order valence-corrected chi connectivity index (χ4v) is 2.56. The fourth-order valence-electron chi connectivity index (χ4n) is 2.06. The molecule has 4 nitrogen and oxygen atoms in total. The minimum absolute atomic E-state index is 0.277. The first-order valence-electron chi connectivity index (χ1n) is 7.07. The second-order valence-corrected chi connectivity index (χ2v) is 5.83. The topological polar surface area (TPSA) is 47.6 Å². The van der Waals surface area contributed by atoms with Crippen molar-refractivity contribution in [2.75, 3.05) is 14.2 Å². The first-order valence-corrected chi connectivity index (χ1v) is 7.95. The van der Waals surface area contributed by atoms with Crippen molar-refractivity contribution in [2.45, 2.75) is 17.2 Å². The lowest BCUT2D eigenvalue weighted by atomic mass is 10.1. The summed E-state index contributed by atoms with van der Waals surface area (Å²) in [5, 5.41) is 2.77. The quantitative estimate of drug-likeness (QED) is 0.766. The molecule has 0 spiro atoms. The van der Waals surface area contributed by atoms with Gasteiger partial charge in [0, 0.05) is 28.6 Å². The highest BCUT2D eigenvalue weighted by Gasteiger charge is 2.10. The van der Waals surface area contributed by atoms with Crippen molar-refractivity contribution in [3.8, 4) is 11.5 Å². The maximum Gasteiger partial charge on any atom is 0.288 e. The molecule has 24 heavy (non-hydrogen) atoms. The summed E-state index contributed by atoms with van der Waals surface area (Å²) in [6.07, 6.45) is 0. The zero-order valence-electron chi connectivity index (χ0n) is 13.2. The van der Waals surface area contributed by atoms with Crippen LogP contribution in [0.15, 0.2) is 47.4 Å². The highest BCUT2D eigenvalue weighted by Crippen LogP contribution is 2.26. The molecule has 0 aliphatic rings. The normalized spacial score (nSPS) is 10.5. The molecule has 1 amide bonds. The molecule has 0 radical (unpaired) electrons. The van der Waals surface area contributed by atoms with Gasteiger partial charge in [0.15, 0.2) is 0 Å². The zero-order chi connectivity index (χ0) is 17.5. The van der Waals surface area contributed by atoms with Gasteiger partial charge in [0.1, 0.15) is 11.5 Å². The summed E-state index contributed by atoms with van der Waals surface area (Å²) in [4.78, 5) is 12.6. The van der Waals surface area contributed by atoms with Gasteiger partial charge in [-0.15, -0.1) is 0 Å². The molecule has 0 aliphatic heterocycles. The Balaban J connectivity index is 2.00. The third-order valence-corrected chi connectivity index (χ3v) is 4.00. The van der Waals surface area contributed by atoms with E-state index in [1.807, 2.05) is 0 Å². The van der Waals surface area contributed by atoms with Crippen LogP contribution in [0.1, 0.15) is 15.9 Å². The van der Waals surface area contributed by atoms with E-state index in [-0.39, 0.29) is 12.5 Å². The van der Waals surface area contributed by atoms with Crippen LogP contribution >= 0.6 is 11.8 Å². The number of hydrogen-bond acceptors (Lipinski definition) is 4. The Morgan fingerprint density at radius 1 is 1.12 bits per heavy atom. The Morgan fingerprint density at radius 2 is 1.83 bits per heavy atom. The van der Waals surface area contributed by atoms with Gasteiger partial charge in [-0.3, -0.25) is 4.79 Å². The van der Waals surface area contributed by atoms with Crippen molar-refractivity contribution in [3.63, 3.8) is 0 Å². The van der Waals surface area contributed by atoms with Crippen molar-refractivity contribution < 1.29 is 23.0 Å². The van der Waals surface area contributed by atoms with Crippen LogP contribution in [0, 0.1) is 0 Å². The number of halogens is 2. The number of methoxy groups -OCH3 is 2. The second kappa shape index (κ2) is 8.54. The summed E-state index contributed by atoms with van der Waals surface area (Å²) < 4.78 is 34.9. The summed E-state index contributed by atoms with van der Waals surface area (Å²) in [6.45, 7) is 0.277. The highest BCUT2D eigenvalue weighted by molar-refractivity contribution is 7.99. The van der Waals surface area contributed by atoms with Crippen LogP contribution < -0.4 is 14.8 Å². The van der Waals surface area contributed by atoms with E-state index in [2.05, 4.69) is 5.32 Å². The molecule has 2 rings (SSSR count). The fraction of sp³-hybridized carbons (Fsp3) is 0.235. The van der Waals surface area contributed by atoms with Crippen molar-refractivity contribution in [1.29, 1.82) is 0 Å². The van der Waals surface area contributed by atoms with Gasteiger partial charge in [0.2, 0.25) is 0 Å². The molecule has 0 saturated carbocycles. The molecule has 7 heteroatoms. The van der Waals surface area contributed by atoms with Crippen molar-refractivity contribution in [2.24, 2.45) is 0 Å². The highest BCUT2D eigenvalue weighted by atomic mass is 32.2. The molecule has 0 aromatic heterocycles. The molecule has 0 saturated heterocycles. The summed E-state index contributed by atoms with van der Waals surface area (Å²) in [5.74, 6) is -1.50. The largest absolute Gasteiger partial charge is 0.497 e. The third kappa shape index (κ3) is 4.86. The number of rotatable bonds is 7. The van der Waals surface area contributed by atoms with Gasteiger partial charge in [0.25, 0.3) is 11.7 Å². The van der Waals surface area contributed by atoms with Crippen LogP contribution in [-0.2, 0) is 6.54 Å². The van der Waals surface area contributed by atoms with E-state index in [1.54, 1.807) is 32.4 Å².